The molecule has 0 atom stereocenters. The Hall–Kier alpha value is -2.10. The van der Waals surface area contributed by atoms with Crippen molar-refractivity contribution in [2.75, 3.05) is 6.54 Å². The Morgan fingerprint density at radius 2 is 2.22 bits per heavy atom. The third-order valence-corrected chi connectivity index (χ3v) is 4.28. The highest BCUT2D eigenvalue weighted by Gasteiger charge is 2.12. The summed E-state index contributed by atoms with van der Waals surface area (Å²) >= 11 is 0. The van der Waals surface area contributed by atoms with E-state index in [4.69, 9.17) is 4.42 Å². The van der Waals surface area contributed by atoms with Crippen LogP contribution in [-0.4, -0.2) is 17.4 Å². The number of amides is 1. The maximum Gasteiger partial charge on any atom is 0.251 e. The van der Waals surface area contributed by atoms with Crippen molar-refractivity contribution in [3.05, 3.63) is 41.3 Å². The minimum atomic E-state index is -0.0502. The van der Waals surface area contributed by atoms with Crippen LogP contribution in [0.5, 0.6) is 0 Å². The van der Waals surface area contributed by atoms with Crippen molar-refractivity contribution in [3.63, 3.8) is 0 Å². The molecule has 1 aromatic heterocycles. The number of carbonyl (C=O) groups is 1. The van der Waals surface area contributed by atoms with Crippen LogP contribution in [0.2, 0.25) is 0 Å². The van der Waals surface area contributed by atoms with E-state index in [1.54, 1.807) is 6.07 Å². The van der Waals surface area contributed by atoms with Gasteiger partial charge in [0.25, 0.3) is 5.91 Å². The molecule has 122 valence electrons. The first-order valence-electron chi connectivity index (χ1n) is 8.50. The van der Waals surface area contributed by atoms with Gasteiger partial charge in [-0.25, -0.2) is 4.98 Å². The van der Waals surface area contributed by atoms with Crippen LogP contribution < -0.4 is 5.32 Å². The van der Waals surface area contributed by atoms with Crippen LogP contribution in [0.4, 0.5) is 0 Å². The first-order chi connectivity index (χ1) is 11.1. The number of fused-ring (bicyclic) bond motifs is 1. The summed E-state index contributed by atoms with van der Waals surface area (Å²) in [6, 6.07) is 5.44. The average molecular weight is 312 g/mol. The third kappa shape index (κ3) is 3.81. The molecule has 2 aromatic rings. The van der Waals surface area contributed by atoms with Crippen molar-refractivity contribution in [3.8, 4) is 0 Å². The van der Waals surface area contributed by atoms with Gasteiger partial charge in [-0.3, -0.25) is 4.79 Å². The Morgan fingerprint density at radius 1 is 1.35 bits per heavy atom. The highest BCUT2D eigenvalue weighted by Crippen LogP contribution is 2.22. The lowest BCUT2D eigenvalue weighted by Crippen LogP contribution is -2.24. The molecule has 1 aliphatic carbocycles. The van der Waals surface area contributed by atoms with Gasteiger partial charge in [-0.2, -0.15) is 0 Å². The molecule has 1 N–H and O–H groups in total. The number of benzene rings is 1. The van der Waals surface area contributed by atoms with E-state index in [2.05, 4.69) is 16.4 Å². The van der Waals surface area contributed by atoms with E-state index in [1.807, 2.05) is 26.0 Å². The van der Waals surface area contributed by atoms with Crippen molar-refractivity contribution in [2.45, 2.75) is 51.9 Å². The minimum absolute atomic E-state index is 0.0502. The number of nitrogens with one attached hydrogen (secondary N) is 1. The number of oxazole rings is 1. The molecular weight excluding hydrogens is 288 g/mol. The normalized spacial score (nSPS) is 15.0. The quantitative estimate of drug-likeness (QED) is 0.823. The number of nitrogens with zero attached hydrogens (tertiary/aromatic N) is 1. The maximum atomic E-state index is 12.3. The lowest BCUT2D eigenvalue weighted by Gasteiger charge is -2.12. The number of rotatable bonds is 5. The Labute approximate surface area is 137 Å². The molecule has 3 rings (SSSR count). The van der Waals surface area contributed by atoms with Crippen molar-refractivity contribution >= 4 is 17.0 Å². The van der Waals surface area contributed by atoms with Crippen LogP contribution in [0.15, 0.2) is 34.3 Å². The molecule has 1 aromatic carbocycles. The average Bonchev–Trinajstić information content (AvgIpc) is 2.99. The highest BCUT2D eigenvalue weighted by atomic mass is 16.3. The lowest BCUT2D eigenvalue weighted by atomic mass is 9.97. The number of allylic oxidation sites excluding steroid dienone is 1. The van der Waals surface area contributed by atoms with Crippen LogP contribution in [0.1, 0.15) is 68.1 Å². The molecule has 4 heteroatoms. The Kier molecular flexibility index (Phi) is 4.79. The molecule has 4 nitrogen and oxygen atoms in total. The molecule has 0 radical (unpaired) electrons. The minimum Gasteiger partial charge on any atom is -0.440 e. The van der Waals surface area contributed by atoms with Gasteiger partial charge in [0.1, 0.15) is 5.52 Å². The SMILES string of the molecule is CC(C)c1nc2ccc(C(=O)NCCC3=CCCCC3)cc2o1. The van der Waals surface area contributed by atoms with E-state index in [9.17, 15) is 4.79 Å². The summed E-state index contributed by atoms with van der Waals surface area (Å²) < 4.78 is 5.72. The zero-order valence-corrected chi connectivity index (χ0v) is 13.9. The highest BCUT2D eigenvalue weighted by molar-refractivity contribution is 5.97. The summed E-state index contributed by atoms with van der Waals surface area (Å²) in [4.78, 5) is 16.7. The Morgan fingerprint density at radius 3 is 2.96 bits per heavy atom. The largest absolute Gasteiger partial charge is 0.440 e. The van der Waals surface area contributed by atoms with Gasteiger partial charge < -0.3 is 9.73 Å². The predicted octanol–water partition coefficient (Wildman–Crippen LogP) is 4.57. The van der Waals surface area contributed by atoms with E-state index in [0.29, 0.717) is 23.6 Å². The van der Waals surface area contributed by atoms with Crippen molar-refractivity contribution in [1.82, 2.24) is 10.3 Å². The first-order valence-corrected chi connectivity index (χ1v) is 8.50. The standard InChI is InChI=1S/C19H24N2O2/c1-13(2)19-21-16-9-8-15(12-17(16)23-19)18(22)20-11-10-14-6-4-3-5-7-14/h6,8-9,12-13H,3-5,7,10-11H2,1-2H3,(H,20,22). The summed E-state index contributed by atoms with van der Waals surface area (Å²) in [6.45, 7) is 4.77. The second-order valence-electron chi connectivity index (χ2n) is 6.50. The van der Waals surface area contributed by atoms with Crippen LogP contribution in [0.3, 0.4) is 0 Å². The van der Waals surface area contributed by atoms with Gasteiger partial charge in [0.15, 0.2) is 11.5 Å². The Balaban J connectivity index is 1.62. The molecule has 0 unspecified atom stereocenters. The summed E-state index contributed by atoms with van der Waals surface area (Å²) in [6.07, 6.45) is 8.21. The fourth-order valence-electron chi connectivity index (χ4n) is 2.90. The predicted molar refractivity (Wildman–Crippen MR) is 91.6 cm³/mol. The van der Waals surface area contributed by atoms with Gasteiger partial charge in [0.05, 0.1) is 0 Å². The third-order valence-electron chi connectivity index (χ3n) is 4.28. The van der Waals surface area contributed by atoms with Gasteiger partial charge in [-0.1, -0.05) is 25.5 Å². The van der Waals surface area contributed by atoms with E-state index >= 15 is 0 Å². The number of hydrogen-bond donors (Lipinski definition) is 1. The summed E-state index contributed by atoms with van der Waals surface area (Å²) in [5.41, 5.74) is 3.58. The summed E-state index contributed by atoms with van der Waals surface area (Å²) in [5.74, 6) is 0.899. The first kappa shape index (κ1) is 15.8. The van der Waals surface area contributed by atoms with Crippen molar-refractivity contribution in [1.29, 1.82) is 0 Å². The molecule has 0 aliphatic heterocycles. The zero-order valence-electron chi connectivity index (χ0n) is 13.9. The van der Waals surface area contributed by atoms with E-state index in [0.717, 1.165) is 11.9 Å². The molecule has 0 fully saturated rings. The van der Waals surface area contributed by atoms with Gasteiger partial charge in [0.2, 0.25) is 0 Å². The van der Waals surface area contributed by atoms with Crippen LogP contribution in [-0.2, 0) is 0 Å². The van der Waals surface area contributed by atoms with Crippen LogP contribution in [0, 0.1) is 0 Å². The molecule has 0 saturated carbocycles. The number of aromatic nitrogens is 1. The van der Waals surface area contributed by atoms with Gasteiger partial charge in [-0.05, 0) is 50.3 Å². The summed E-state index contributed by atoms with van der Waals surface area (Å²) in [7, 11) is 0. The van der Waals surface area contributed by atoms with Crippen molar-refractivity contribution < 1.29 is 9.21 Å². The second-order valence-corrected chi connectivity index (χ2v) is 6.50. The maximum absolute atomic E-state index is 12.3. The monoisotopic (exact) mass is 312 g/mol. The zero-order chi connectivity index (χ0) is 16.2. The molecule has 1 aliphatic rings. The van der Waals surface area contributed by atoms with Gasteiger partial charge in [0, 0.05) is 18.0 Å². The fourth-order valence-corrected chi connectivity index (χ4v) is 2.90. The molecule has 0 bridgehead atoms. The van der Waals surface area contributed by atoms with Crippen LogP contribution >= 0.6 is 0 Å². The van der Waals surface area contributed by atoms with Crippen molar-refractivity contribution in [2.24, 2.45) is 0 Å². The fraction of sp³-hybridized carbons (Fsp3) is 0.474. The Bertz CT molecular complexity index is 728. The molecular formula is C19H24N2O2. The molecule has 0 saturated heterocycles. The molecule has 1 amide bonds. The molecule has 23 heavy (non-hydrogen) atoms. The number of hydrogen-bond acceptors (Lipinski definition) is 3. The summed E-state index contributed by atoms with van der Waals surface area (Å²) in [5, 5.41) is 3.00. The van der Waals surface area contributed by atoms with Gasteiger partial charge in [-0.15, -0.1) is 0 Å². The van der Waals surface area contributed by atoms with Crippen LogP contribution in [0.25, 0.3) is 11.1 Å². The lowest BCUT2D eigenvalue weighted by molar-refractivity contribution is 0.0954. The molecule has 0 spiro atoms. The van der Waals surface area contributed by atoms with E-state index in [1.165, 1.54) is 31.3 Å². The smallest absolute Gasteiger partial charge is 0.251 e. The second kappa shape index (κ2) is 6.99. The molecule has 1 heterocycles. The number of carbonyl (C=O) groups excluding carboxylic acids is 1. The topological polar surface area (TPSA) is 55.1 Å². The van der Waals surface area contributed by atoms with Gasteiger partial charge >= 0.3 is 0 Å². The van der Waals surface area contributed by atoms with E-state index < -0.39 is 0 Å². The van der Waals surface area contributed by atoms with E-state index in [-0.39, 0.29) is 11.8 Å².